The van der Waals surface area contributed by atoms with E-state index in [0.29, 0.717) is 5.78 Å². The monoisotopic (exact) mass is 195 g/mol. The molecule has 0 fully saturated rings. The van der Waals surface area contributed by atoms with Gasteiger partial charge in [-0.3, -0.25) is 0 Å². The van der Waals surface area contributed by atoms with E-state index in [4.69, 9.17) is 5.73 Å². The number of aryl methyl sites for hydroxylation is 1. The fourth-order valence-electron chi connectivity index (χ4n) is 1.14. The minimum atomic E-state index is 0.320. The minimum absolute atomic E-state index is 0.320. The van der Waals surface area contributed by atoms with Gasteiger partial charge in [-0.05, 0) is 30.2 Å². The second-order valence-corrected chi connectivity index (χ2v) is 4.15. The van der Waals surface area contributed by atoms with Crippen LogP contribution in [0.2, 0.25) is 0 Å². The lowest BCUT2D eigenvalue weighted by Gasteiger charge is -2.16. The maximum atomic E-state index is 5.69. The Balaban J connectivity index is 2.70. The van der Waals surface area contributed by atoms with Crippen molar-refractivity contribution in [2.75, 3.05) is 5.73 Å². The van der Waals surface area contributed by atoms with Gasteiger partial charge in [0.25, 0.3) is 0 Å². The van der Waals surface area contributed by atoms with Crippen molar-refractivity contribution in [1.82, 2.24) is 5.32 Å². The average Bonchev–Trinajstić information content (AvgIpc) is 2.06. The van der Waals surface area contributed by atoms with E-state index in [0.717, 1.165) is 12.2 Å². The Hall–Kier alpha value is -0.590. The number of benzene rings is 1. The molecule has 0 aliphatic carbocycles. The summed E-state index contributed by atoms with van der Waals surface area (Å²) in [5.74, 6) is 0.320. The lowest BCUT2D eigenvalue weighted by molar-refractivity contribution is 0.685. The molecule has 0 aliphatic rings. The van der Waals surface area contributed by atoms with Crippen molar-refractivity contribution >= 4 is 14.9 Å². The molecule has 1 atom stereocenters. The van der Waals surface area contributed by atoms with Crippen molar-refractivity contribution in [3.63, 3.8) is 0 Å². The first kappa shape index (κ1) is 10.5. The Morgan fingerprint density at radius 2 is 2.23 bits per heavy atom. The van der Waals surface area contributed by atoms with Crippen LogP contribution in [0.3, 0.4) is 0 Å². The summed E-state index contributed by atoms with van der Waals surface area (Å²) in [7, 11) is 3.48. The van der Waals surface area contributed by atoms with E-state index >= 15 is 0 Å². The fraction of sp³-hybridized carbons (Fsp3) is 0.400. The minimum Gasteiger partial charge on any atom is -0.540 e. The molecule has 72 valence electrons. The van der Waals surface area contributed by atoms with Crippen LogP contribution in [0.1, 0.15) is 18.1 Å². The van der Waals surface area contributed by atoms with Crippen LogP contribution in [0.5, 0.6) is 0 Å². The largest absolute Gasteiger partial charge is 0.540 e. The molecule has 0 radical (unpaired) electrons. The highest BCUT2D eigenvalue weighted by Crippen LogP contribution is 2.12. The molecule has 0 aromatic heterocycles. The molecule has 0 bridgehead atoms. The Labute approximate surface area is 82.1 Å². The summed E-state index contributed by atoms with van der Waals surface area (Å²) in [4.78, 5) is 0. The molecule has 0 aliphatic heterocycles. The van der Waals surface area contributed by atoms with E-state index in [1.165, 1.54) is 11.1 Å². The molecule has 1 rings (SSSR count). The lowest BCUT2D eigenvalue weighted by Crippen LogP contribution is -2.19. The van der Waals surface area contributed by atoms with E-state index in [1.807, 2.05) is 18.2 Å². The smallest absolute Gasteiger partial charge is 0.0317 e. The molecular formula is C10H16N2P-. The van der Waals surface area contributed by atoms with Crippen LogP contribution in [0.15, 0.2) is 18.2 Å². The van der Waals surface area contributed by atoms with Crippen molar-refractivity contribution < 1.29 is 0 Å². The Morgan fingerprint density at radius 3 is 2.85 bits per heavy atom. The number of nitrogen functional groups attached to an aromatic ring is 1. The van der Waals surface area contributed by atoms with Gasteiger partial charge in [-0.2, -0.15) is 0 Å². The van der Waals surface area contributed by atoms with Crippen LogP contribution >= 0.6 is 9.24 Å². The maximum Gasteiger partial charge on any atom is 0.0317 e. The highest BCUT2D eigenvalue weighted by molar-refractivity contribution is 7.17. The normalized spacial score (nSPS) is 12.8. The summed E-state index contributed by atoms with van der Waals surface area (Å²) >= 11 is 0. The number of nitrogens with two attached hydrogens (primary N) is 1. The van der Waals surface area contributed by atoms with Gasteiger partial charge in [-0.1, -0.05) is 13.0 Å². The molecule has 1 aromatic rings. The first-order valence-corrected chi connectivity index (χ1v) is 4.97. The van der Waals surface area contributed by atoms with Gasteiger partial charge in [0.2, 0.25) is 0 Å². The Morgan fingerprint density at radius 1 is 1.54 bits per heavy atom. The molecule has 0 spiro atoms. The van der Waals surface area contributed by atoms with Gasteiger partial charge in [-0.15, -0.1) is 5.78 Å². The predicted octanol–water partition coefficient (Wildman–Crippen LogP) is 2.16. The quantitative estimate of drug-likeness (QED) is 0.573. The number of hydrogen-bond donors (Lipinski definition) is 2. The third kappa shape index (κ3) is 3.33. The molecule has 1 aromatic carbocycles. The van der Waals surface area contributed by atoms with Crippen LogP contribution in [0.25, 0.3) is 0 Å². The van der Waals surface area contributed by atoms with Crippen molar-refractivity contribution in [3.8, 4) is 0 Å². The number of rotatable bonds is 3. The summed E-state index contributed by atoms with van der Waals surface area (Å²) in [6, 6.07) is 5.98. The lowest BCUT2D eigenvalue weighted by atomic mass is 10.1. The molecule has 3 heteroatoms. The summed E-state index contributed by atoms with van der Waals surface area (Å²) in [6.45, 7) is 4.99. The van der Waals surface area contributed by atoms with Crippen LogP contribution in [0, 0.1) is 6.92 Å². The molecule has 3 N–H and O–H groups in total. The maximum absolute atomic E-state index is 5.69. The Bertz CT molecular complexity index is 284. The molecule has 1 unspecified atom stereocenters. The predicted molar refractivity (Wildman–Crippen MR) is 60.2 cm³/mol. The van der Waals surface area contributed by atoms with Crippen molar-refractivity contribution in [2.45, 2.75) is 26.2 Å². The number of anilines is 1. The van der Waals surface area contributed by atoms with Crippen LogP contribution in [-0.2, 0) is 6.54 Å². The SMILES string of the molecule is Cc1ccc(N)cc1CNC(C)[PH-]. The summed E-state index contributed by atoms with van der Waals surface area (Å²) in [6.07, 6.45) is 0. The zero-order valence-corrected chi connectivity index (χ0v) is 9.09. The zero-order valence-electron chi connectivity index (χ0n) is 8.09. The highest BCUT2D eigenvalue weighted by Gasteiger charge is 1.97. The molecule has 0 saturated heterocycles. The third-order valence-corrected chi connectivity index (χ3v) is 2.18. The van der Waals surface area contributed by atoms with E-state index in [2.05, 4.69) is 28.4 Å². The van der Waals surface area contributed by atoms with Crippen molar-refractivity contribution in [3.05, 3.63) is 29.3 Å². The van der Waals surface area contributed by atoms with Gasteiger partial charge >= 0.3 is 0 Å². The summed E-state index contributed by atoms with van der Waals surface area (Å²) in [5.41, 5.74) is 9.04. The molecule has 13 heavy (non-hydrogen) atoms. The van der Waals surface area contributed by atoms with E-state index in [1.54, 1.807) is 0 Å². The topological polar surface area (TPSA) is 38.0 Å². The molecule has 0 heterocycles. The second-order valence-electron chi connectivity index (χ2n) is 3.29. The average molecular weight is 195 g/mol. The second kappa shape index (κ2) is 4.59. The van der Waals surface area contributed by atoms with Gasteiger partial charge in [-0.25, -0.2) is 0 Å². The van der Waals surface area contributed by atoms with Gasteiger partial charge in [0.1, 0.15) is 0 Å². The van der Waals surface area contributed by atoms with Gasteiger partial charge in [0.05, 0.1) is 0 Å². The third-order valence-electron chi connectivity index (χ3n) is 1.97. The molecule has 0 saturated carbocycles. The summed E-state index contributed by atoms with van der Waals surface area (Å²) in [5, 5.41) is 3.29. The fourth-order valence-corrected chi connectivity index (χ4v) is 1.25. The standard InChI is InChI=1S/C10H16N2P/c1-7-3-4-10(11)5-9(7)6-12-8(2)13/h3-5,8,12-13H,6,11H2,1-2H3/q-1. The molecular weight excluding hydrogens is 179 g/mol. The van der Waals surface area contributed by atoms with E-state index in [-0.39, 0.29) is 0 Å². The van der Waals surface area contributed by atoms with Gasteiger partial charge in [0.15, 0.2) is 0 Å². The van der Waals surface area contributed by atoms with Crippen LogP contribution < -0.4 is 11.1 Å². The van der Waals surface area contributed by atoms with E-state index in [9.17, 15) is 0 Å². The molecule has 0 amide bonds. The highest BCUT2D eigenvalue weighted by atomic mass is 31.0. The van der Waals surface area contributed by atoms with Crippen LogP contribution in [-0.4, -0.2) is 5.78 Å². The van der Waals surface area contributed by atoms with Crippen LogP contribution in [0.4, 0.5) is 5.69 Å². The first-order chi connectivity index (χ1) is 6.09. The van der Waals surface area contributed by atoms with Crippen molar-refractivity contribution in [2.24, 2.45) is 0 Å². The zero-order chi connectivity index (χ0) is 9.84. The van der Waals surface area contributed by atoms with E-state index < -0.39 is 0 Å². The van der Waals surface area contributed by atoms with Gasteiger partial charge in [0, 0.05) is 12.2 Å². The summed E-state index contributed by atoms with van der Waals surface area (Å²) < 4.78 is 0. The van der Waals surface area contributed by atoms with Gasteiger partial charge < -0.3 is 20.3 Å². The Kier molecular flexibility index (Phi) is 3.71. The number of nitrogens with one attached hydrogen (secondary N) is 1. The number of hydrogen-bond acceptors (Lipinski definition) is 2. The first-order valence-electron chi connectivity index (χ1n) is 4.39. The van der Waals surface area contributed by atoms with Crippen molar-refractivity contribution in [1.29, 1.82) is 0 Å². The molecule has 2 nitrogen and oxygen atoms in total.